The van der Waals surface area contributed by atoms with Crippen molar-refractivity contribution >= 4 is 50.1 Å². The lowest BCUT2D eigenvalue weighted by atomic mass is 9.95. The van der Waals surface area contributed by atoms with Crippen molar-refractivity contribution in [3.63, 3.8) is 0 Å². The summed E-state index contributed by atoms with van der Waals surface area (Å²) in [6, 6.07) is 16.7. The van der Waals surface area contributed by atoms with Crippen molar-refractivity contribution in [3.05, 3.63) is 97.1 Å². The zero-order chi connectivity index (χ0) is 33.2. The third-order valence-corrected chi connectivity index (χ3v) is 7.69. The molecule has 0 unspecified atom stereocenters. The number of ether oxygens (including phenoxy) is 4. The van der Waals surface area contributed by atoms with Crippen LogP contribution < -0.4 is 30.3 Å². The molecule has 3 aromatic carbocycles. The van der Waals surface area contributed by atoms with Crippen LogP contribution in [-0.4, -0.2) is 49.9 Å². The van der Waals surface area contributed by atoms with Gasteiger partial charge in [0.25, 0.3) is 0 Å². The SMILES string of the molecule is CCOc1cc([C@H]2NC(=O)NC(C)=C2C(=O)OC)ccc1OC[C@@H](O)N/N=C/c1cc(Br)cc(Br)c1OCc1ccccc1C#N. The number of rotatable bonds is 13. The van der Waals surface area contributed by atoms with Gasteiger partial charge in [0.15, 0.2) is 17.7 Å². The number of hydrogen-bond acceptors (Lipinski definition) is 10. The van der Waals surface area contributed by atoms with Crippen LogP contribution in [0.2, 0.25) is 0 Å². The van der Waals surface area contributed by atoms with E-state index in [1.807, 2.05) is 18.2 Å². The van der Waals surface area contributed by atoms with Crippen molar-refractivity contribution < 1.29 is 33.6 Å². The summed E-state index contributed by atoms with van der Waals surface area (Å²) in [6.07, 6.45) is 0.292. The lowest BCUT2D eigenvalue weighted by molar-refractivity contribution is -0.136. The highest BCUT2D eigenvalue weighted by atomic mass is 79.9. The second-order valence-electron chi connectivity index (χ2n) is 9.78. The summed E-state index contributed by atoms with van der Waals surface area (Å²) in [5.74, 6) is 0.602. The Morgan fingerprint density at radius 1 is 1.15 bits per heavy atom. The number of allylic oxidation sites excluding steroid dienone is 1. The quantitative estimate of drug-likeness (QED) is 0.0797. The van der Waals surface area contributed by atoms with Gasteiger partial charge in [0.2, 0.25) is 0 Å². The molecule has 0 aromatic heterocycles. The first-order chi connectivity index (χ1) is 22.1. The Bertz CT molecular complexity index is 1710. The molecular formula is C32H31Br2N5O7. The molecule has 1 aliphatic heterocycles. The van der Waals surface area contributed by atoms with E-state index in [1.54, 1.807) is 50.2 Å². The number of aliphatic hydroxyl groups excluding tert-OH is 1. The number of urea groups is 1. The Morgan fingerprint density at radius 3 is 2.67 bits per heavy atom. The lowest BCUT2D eigenvalue weighted by Gasteiger charge is -2.28. The largest absolute Gasteiger partial charge is 0.490 e. The van der Waals surface area contributed by atoms with E-state index in [0.717, 1.165) is 10.0 Å². The molecule has 0 spiro atoms. The summed E-state index contributed by atoms with van der Waals surface area (Å²) in [5.41, 5.74) is 5.70. The van der Waals surface area contributed by atoms with Crippen LogP contribution in [0.15, 0.2) is 79.9 Å². The van der Waals surface area contributed by atoms with Gasteiger partial charge in [0.1, 0.15) is 19.0 Å². The van der Waals surface area contributed by atoms with Crippen LogP contribution in [0, 0.1) is 11.3 Å². The van der Waals surface area contributed by atoms with Gasteiger partial charge in [-0.15, -0.1) is 0 Å². The predicted octanol–water partition coefficient (Wildman–Crippen LogP) is 5.18. The number of amides is 2. The van der Waals surface area contributed by atoms with Gasteiger partial charge in [-0.25, -0.2) is 9.59 Å². The smallest absolute Gasteiger partial charge is 0.337 e. The molecule has 4 N–H and O–H groups in total. The van der Waals surface area contributed by atoms with Gasteiger partial charge >= 0.3 is 12.0 Å². The molecule has 0 radical (unpaired) electrons. The summed E-state index contributed by atoms with van der Waals surface area (Å²) in [7, 11) is 1.27. The van der Waals surface area contributed by atoms with E-state index in [2.05, 4.69) is 59.1 Å². The van der Waals surface area contributed by atoms with Crippen LogP contribution >= 0.6 is 31.9 Å². The zero-order valence-corrected chi connectivity index (χ0v) is 28.3. The van der Waals surface area contributed by atoms with Crippen LogP contribution in [0.3, 0.4) is 0 Å². The monoisotopic (exact) mass is 755 g/mol. The van der Waals surface area contributed by atoms with Crippen LogP contribution in [0.5, 0.6) is 17.2 Å². The molecule has 0 bridgehead atoms. The molecule has 46 heavy (non-hydrogen) atoms. The number of esters is 1. The molecule has 0 fully saturated rings. The number of hydrazone groups is 1. The fourth-order valence-electron chi connectivity index (χ4n) is 4.55. The maximum absolute atomic E-state index is 12.5. The second-order valence-corrected chi connectivity index (χ2v) is 11.5. The topological polar surface area (TPSA) is 164 Å². The van der Waals surface area contributed by atoms with E-state index in [4.69, 9.17) is 18.9 Å². The highest BCUT2D eigenvalue weighted by molar-refractivity contribution is 9.11. The standard InChI is InChI=1S/C32H31Br2N5O7/c1-4-44-26-12-19(29-28(31(41)43-3)18(2)37-32(42)38-29)9-10-25(26)45-17-27(40)39-36-15-22-11-23(33)13-24(34)30(22)46-16-21-8-6-5-7-20(21)14-35/h5-13,15,27,29,39-40H,4,16-17H2,1-3H3,(H2,37,38,42)/b36-15+/t27-,29-/m1/s1. The first-order valence-corrected chi connectivity index (χ1v) is 15.6. The van der Waals surface area contributed by atoms with Crippen molar-refractivity contribution in [3.8, 4) is 23.3 Å². The first-order valence-electron chi connectivity index (χ1n) is 14.0. The van der Waals surface area contributed by atoms with Crippen LogP contribution in [0.25, 0.3) is 0 Å². The Morgan fingerprint density at radius 2 is 1.93 bits per heavy atom. The first kappa shape index (κ1) is 34.3. The summed E-state index contributed by atoms with van der Waals surface area (Å²) < 4.78 is 24.0. The zero-order valence-electron chi connectivity index (χ0n) is 25.1. The number of nitrogens with zero attached hydrogens (tertiary/aromatic N) is 2. The highest BCUT2D eigenvalue weighted by Gasteiger charge is 2.32. The minimum absolute atomic E-state index is 0.166. The summed E-state index contributed by atoms with van der Waals surface area (Å²) >= 11 is 6.98. The van der Waals surface area contributed by atoms with E-state index in [1.165, 1.54) is 13.3 Å². The van der Waals surface area contributed by atoms with Crippen molar-refractivity contribution in [1.29, 1.82) is 5.26 Å². The number of halogens is 2. The maximum Gasteiger partial charge on any atom is 0.337 e. The van der Waals surface area contributed by atoms with Crippen molar-refractivity contribution in [2.24, 2.45) is 5.10 Å². The van der Waals surface area contributed by atoms with Crippen LogP contribution in [0.4, 0.5) is 4.79 Å². The molecule has 12 nitrogen and oxygen atoms in total. The van der Waals surface area contributed by atoms with Crippen LogP contribution in [-0.2, 0) is 16.1 Å². The molecule has 0 aliphatic carbocycles. The van der Waals surface area contributed by atoms with Gasteiger partial charge in [-0.05, 0) is 65.7 Å². The molecule has 1 heterocycles. The third-order valence-electron chi connectivity index (χ3n) is 6.65. The van der Waals surface area contributed by atoms with Crippen molar-refractivity contribution in [2.75, 3.05) is 20.3 Å². The minimum atomic E-state index is -1.20. The van der Waals surface area contributed by atoms with Crippen LogP contribution in [0.1, 0.15) is 42.1 Å². The Hall–Kier alpha value is -4.58. The third kappa shape index (κ3) is 8.57. The summed E-state index contributed by atoms with van der Waals surface area (Å²) in [6.45, 7) is 3.72. The average Bonchev–Trinajstić information content (AvgIpc) is 3.03. The number of aliphatic hydroxyl groups is 1. The molecule has 14 heteroatoms. The second kappa shape index (κ2) is 16.1. The molecule has 0 saturated heterocycles. The predicted molar refractivity (Wildman–Crippen MR) is 176 cm³/mol. The van der Waals surface area contributed by atoms with Gasteiger partial charge < -0.3 is 34.7 Å². The Balaban J connectivity index is 1.43. The number of methoxy groups -OCH3 is 1. The molecule has 3 aromatic rings. The number of carbonyl (C=O) groups is 2. The van der Waals surface area contributed by atoms with E-state index < -0.39 is 24.3 Å². The fourth-order valence-corrected chi connectivity index (χ4v) is 5.92. The number of nitriles is 1. The molecule has 0 saturated carbocycles. The van der Waals surface area contributed by atoms with Gasteiger partial charge in [-0.2, -0.15) is 10.4 Å². The van der Waals surface area contributed by atoms with Gasteiger partial charge in [-0.1, -0.05) is 40.2 Å². The highest BCUT2D eigenvalue weighted by Crippen LogP contribution is 2.35. The minimum Gasteiger partial charge on any atom is -0.490 e. The van der Waals surface area contributed by atoms with Crippen molar-refractivity contribution in [1.82, 2.24) is 16.1 Å². The molecule has 4 rings (SSSR count). The molecular weight excluding hydrogens is 726 g/mol. The number of carbonyl (C=O) groups excluding carboxylic acids is 2. The normalized spacial score (nSPS) is 15.0. The molecule has 2 amide bonds. The van der Waals surface area contributed by atoms with E-state index in [-0.39, 0.29) is 18.8 Å². The molecule has 2 atom stereocenters. The van der Waals surface area contributed by atoms with Gasteiger partial charge in [0, 0.05) is 21.3 Å². The van der Waals surface area contributed by atoms with Crippen molar-refractivity contribution in [2.45, 2.75) is 32.7 Å². The average molecular weight is 757 g/mol. The Kier molecular flexibility index (Phi) is 12.0. The van der Waals surface area contributed by atoms with E-state index in [0.29, 0.717) is 50.7 Å². The number of nitrogens with one attached hydrogen (secondary N) is 3. The summed E-state index contributed by atoms with van der Waals surface area (Å²) in [4.78, 5) is 24.7. The molecule has 240 valence electrons. The van der Waals surface area contributed by atoms with E-state index >= 15 is 0 Å². The number of benzene rings is 3. The molecule has 1 aliphatic rings. The lowest BCUT2D eigenvalue weighted by Crippen LogP contribution is -2.45. The Labute approximate surface area is 282 Å². The maximum atomic E-state index is 12.5. The number of hydrogen-bond donors (Lipinski definition) is 4. The van der Waals surface area contributed by atoms with Gasteiger partial charge in [-0.3, -0.25) is 5.43 Å². The van der Waals surface area contributed by atoms with Gasteiger partial charge in [0.05, 0.1) is 47.7 Å². The summed E-state index contributed by atoms with van der Waals surface area (Å²) in [5, 5.41) is 29.4. The fraction of sp³-hybridized carbons (Fsp3) is 0.250. The van der Waals surface area contributed by atoms with E-state index in [9.17, 15) is 20.0 Å².